The highest BCUT2D eigenvalue weighted by Gasteiger charge is 2.28. The normalized spacial score (nSPS) is 18.3. The maximum absolute atomic E-state index is 12.5. The molecule has 0 heterocycles. The fraction of sp³-hybridized carbons (Fsp3) is 0.966. The molecule has 10 nitrogen and oxygen atoms in total. The van der Waals surface area contributed by atoms with Crippen LogP contribution in [0.15, 0.2) is 0 Å². The molecule has 0 spiro atoms. The van der Waals surface area contributed by atoms with Crippen LogP contribution in [0.5, 0.6) is 0 Å². The molecule has 0 saturated heterocycles. The van der Waals surface area contributed by atoms with Gasteiger partial charge in [0.1, 0.15) is 26.3 Å². The zero-order valence-electron chi connectivity index (χ0n) is 47.6. The Balaban J connectivity index is 0.0000245. The Bertz CT molecular complexity index is 1100. The van der Waals surface area contributed by atoms with Crippen LogP contribution in [-0.2, 0) is 18.9 Å². The summed E-state index contributed by atoms with van der Waals surface area (Å²) in [6, 6.07) is 0.405. The first-order valence-electron chi connectivity index (χ1n) is 30.2. The molecule has 0 aromatic heterocycles. The van der Waals surface area contributed by atoms with Crippen LogP contribution < -0.4 is 44.6 Å². The smallest absolute Gasteiger partial charge is 0.407 e. The summed E-state index contributed by atoms with van der Waals surface area (Å²) >= 11 is 0. The van der Waals surface area contributed by atoms with Crippen molar-refractivity contribution in [2.75, 3.05) is 94.0 Å². The van der Waals surface area contributed by atoms with Crippen LogP contribution in [0.4, 0.5) is 9.59 Å². The maximum atomic E-state index is 12.5. The number of likely N-dealkylation sites (N-methyl/N-ethyl adjacent to an activating group) is 2. The Morgan fingerprint density at radius 2 is 0.634 bits per heavy atom. The number of carbonyl (C=O) groups excluding carboxylic acids is 2. The van der Waals surface area contributed by atoms with Gasteiger partial charge in [0.15, 0.2) is 0 Å². The fourth-order valence-electron chi connectivity index (χ4n) is 10.9. The molecule has 0 unspecified atom stereocenters. The zero-order chi connectivity index (χ0) is 49.9. The summed E-state index contributed by atoms with van der Waals surface area (Å²) in [6.45, 7) is 11.8. The zero-order valence-corrected chi connectivity index (χ0v) is 50.8. The summed E-state index contributed by atoms with van der Waals surface area (Å²) in [5.74, 6) is 1.44. The first-order chi connectivity index (χ1) is 33.5. The third-order valence-corrected chi connectivity index (χ3v) is 15.8. The van der Waals surface area contributed by atoms with E-state index in [2.05, 4.69) is 52.7 Å². The molecule has 2 saturated carbocycles. The minimum atomic E-state index is -0.308. The highest BCUT2D eigenvalue weighted by molar-refractivity contribution is 5.67. The predicted molar refractivity (Wildman–Crippen MR) is 291 cm³/mol. The topological polar surface area (TPSA) is 95.1 Å². The Labute approximate surface area is 461 Å². The van der Waals surface area contributed by atoms with Crippen LogP contribution in [-0.4, -0.2) is 127 Å². The van der Waals surface area contributed by atoms with Gasteiger partial charge in [0.25, 0.3) is 0 Å². The number of quaternary nitrogens is 2. The number of nitrogens with zero attached hydrogens (tertiary/aromatic N) is 2. The van der Waals surface area contributed by atoms with E-state index in [4.69, 9.17) is 18.9 Å². The Hall–Kier alpha value is -0.660. The SMILES string of the molecule is CCCCCCCCCCCCCCCC[N+](C)(C)CCOCCOC(=O)NC1CCC(CC2CCC(NC(=O)OCCOCC[N+](C)(C)CCCCCCCCCCCCCCCC)CC2)CC1.[Br-].[Br-]. The van der Waals surface area contributed by atoms with Crippen molar-refractivity contribution in [3.8, 4) is 0 Å². The lowest BCUT2D eigenvalue weighted by Crippen LogP contribution is -3.00. The van der Waals surface area contributed by atoms with Crippen LogP contribution in [0.2, 0.25) is 0 Å². The van der Waals surface area contributed by atoms with E-state index in [1.165, 1.54) is 199 Å². The van der Waals surface area contributed by atoms with Gasteiger partial charge in [0.2, 0.25) is 0 Å². The fourth-order valence-corrected chi connectivity index (χ4v) is 10.9. The number of halogens is 2. The largest absolute Gasteiger partial charge is 1.00 e. The van der Waals surface area contributed by atoms with E-state index in [1.54, 1.807) is 0 Å². The minimum absolute atomic E-state index is 0. The van der Waals surface area contributed by atoms with Crippen LogP contribution >= 0.6 is 0 Å². The number of alkyl carbamates (subject to hydrolysis) is 2. The number of ether oxygens (including phenoxy) is 4. The van der Waals surface area contributed by atoms with E-state index in [0.29, 0.717) is 39.6 Å². The number of hydrogen-bond donors (Lipinski definition) is 2. The molecule has 0 radical (unpaired) electrons. The first kappa shape index (κ1) is 70.3. The second-order valence-corrected chi connectivity index (χ2v) is 23.4. The molecule has 424 valence electrons. The molecular weight excluding hydrogens is 1020 g/mol. The second kappa shape index (κ2) is 47.8. The van der Waals surface area contributed by atoms with Gasteiger partial charge in [-0.3, -0.25) is 0 Å². The Morgan fingerprint density at radius 3 is 0.915 bits per heavy atom. The van der Waals surface area contributed by atoms with Crippen molar-refractivity contribution >= 4 is 12.2 Å². The average molecular weight is 1140 g/mol. The number of nitrogens with one attached hydrogen (secondary N) is 2. The van der Waals surface area contributed by atoms with Crippen LogP contribution in [0.25, 0.3) is 0 Å². The van der Waals surface area contributed by atoms with Crippen LogP contribution in [0, 0.1) is 11.8 Å². The van der Waals surface area contributed by atoms with Gasteiger partial charge >= 0.3 is 12.2 Å². The van der Waals surface area contributed by atoms with Crippen molar-refractivity contribution in [1.82, 2.24) is 10.6 Å². The maximum Gasteiger partial charge on any atom is 0.407 e. The van der Waals surface area contributed by atoms with Crippen molar-refractivity contribution in [1.29, 1.82) is 0 Å². The molecule has 2 aliphatic rings. The molecule has 2 aliphatic carbocycles. The molecule has 0 atom stereocenters. The molecule has 0 aliphatic heterocycles. The summed E-state index contributed by atoms with van der Waals surface area (Å²) in [7, 11) is 9.20. The third kappa shape index (κ3) is 43.2. The quantitative estimate of drug-likeness (QED) is 0.0467. The van der Waals surface area contributed by atoms with E-state index in [0.717, 1.165) is 85.3 Å². The summed E-state index contributed by atoms with van der Waals surface area (Å²) in [4.78, 5) is 25.0. The van der Waals surface area contributed by atoms with E-state index >= 15 is 0 Å². The average Bonchev–Trinajstić information content (AvgIpc) is 3.32. The summed E-state index contributed by atoms with van der Waals surface area (Å²) in [5, 5.41) is 6.23. The van der Waals surface area contributed by atoms with Crippen molar-refractivity contribution < 1.29 is 71.5 Å². The summed E-state index contributed by atoms with van der Waals surface area (Å²) < 4.78 is 24.6. The van der Waals surface area contributed by atoms with Crippen molar-refractivity contribution in [3.05, 3.63) is 0 Å². The van der Waals surface area contributed by atoms with Crippen LogP contribution in [0.1, 0.15) is 251 Å². The molecule has 0 bridgehead atoms. The van der Waals surface area contributed by atoms with Crippen LogP contribution in [0.3, 0.4) is 0 Å². The van der Waals surface area contributed by atoms with E-state index in [9.17, 15) is 9.59 Å². The second-order valence-electron chi connectivity index (χ2n) is 23.4. The molecule has 0 aromatic carbocycles. The third-order valence-electron chi connectivity index (χ3n) is 15.8. The Morgan fingerprint density at radius 1 is 0.366 bits per heavy atom. The first-order valence-corrected chi connectivity index (χ1v) is 30.2. The van der Waals surface area contributed by atoms with Gasteiger partial charge in [0, 0.05) is 12.1 Å². The van der Waals surface area contributed by atoms with E-state index < -0.39 is 0 Å². The molecule has 12 heteroatoms. The van der Waals surface area contributed by atoms with Gasteiger partial charge in [-0.2, -0.15) is 0 Å². The minimum Gasteiger partial charge on any atom is -1.00 e. The monoisotopic (exact) mass is 1140 g/mol. The lowest BCUT2D eigenvalue weighted by Gasteiger charge is -2.34. The lowest BCUT2D eigenvalue weighted by molar-refractivity contribution is -0.891. The number of carbonyl (C=O) groups is 2. The molecule has 2 rings (SSSR count). The number of amides is 2. The highest BCUT2D eigenvalue weighted by atomic mass is 79.9. The predicted octanol–water partition coefficient (Wildman–Crippen LogP) is 9.10. The number of unbranched alkanes of at least 4 members (excludes halogenated alkanes) is 26. The molecule has 2 N–H and O–H groups in total. The van der Waals surface area contributed by atoms with Gasteiger partial charge in [-0.05, 0) is 95.3 Å². The van der Waals surface area contributed by atoms with Gasteiger partial charge < -0.3 is 72.5 Å². The summed E-state index contributed by atoms with van der Waals surface area (Å²) in [6.07, 6.45) is 48.4. The lowest BCUT2D eigenvalue weighted by atomic mass is 9.76. The van der Waals surface area contributed by atoms with Crippen molar-refractivity contribution in [2.24, 2.45) is 11.8 Å². The molecule has 2 fully saturated rings. The molecular formula is C59H118Br2N4O6. The molecule has 71 heavy (non-hydrogen) atoms. The Kier molecular flexibility index (Phi) is 47.3. The van der Waals surface area contributed by atoms with Gasteiger partial charge in [0.05, 0.1) is 67.7 Å². The number of hydrogen-bond acceptors (Lipinski definition) is 6. The molecule has 2 amide bonds. The highest BCUT2D eigenvalue weighted by Crippen LogP contribution is 2.35. The van der Waals surface area contributed by atoms with Gasteiger partial charge in [-0.1, -0.05) is 168 Å². The summed E-state index contributed by atoms with van der Waals surface area (Å²) in [5.41, 5.74) is 0. The molecule has 0 aromatic rings. The van der Waals surface area contributed by atoms with Gasteiger partial charge in [-0.15, -0.1) is 0 Å². The van der Waals surface area contributed by atoms with Crippen molar-refractivity contribution in [3.63, 3.8) is 0 Å². The van der Waals surface area contributed by atoms with E-state index in [-0.39, 0.29) is 58.2 Å². The van der Waals surface area contributed by atoms with Gasteiger partial charge in [-0.25, -0.2) is 9.59 Å². The number of rotatable bonds is 46. The standard InChI is InChI=1S/C59H116N4O6.2BrH/c1-7-9-11-13-15-17-19-21-23-25-27-29-31-33-43-62(3,4)45-47-66-49-51-68-58(64)60-56-39-35-54(36-40-56)53-55-37-41-57(42-38-55)61-59(65)69-52-50-67-48-46-63(5,6)44-34-32-30-28-26-24-22-20-18-16-14-12-10-8-2;;/h54-57H,7-53H2,1-6H3;2*1H. The van der Waals surface area contributed by atoms with E-state index in [1.807, 2.05) is 0 Å². The van der Waals surface area contributed by atoms with Crippen molar-refractivity contribution in [2.45, 2.75) is 264 Å².